The lowest BCUT2D eigenvalue weighted by molar-refractivity contribution is -0.147. The van der Waals surface area contributed by atoms with Crippen molar-refractivity contribution in [2.75, 3.05) is 97.9 Å². The van der Waals surface area contributed by atoms with Gasteiger partial charge >= 0.3 is 0 Å². The van der Waals surface area contributed by atoms with Crippen LogP contribution in [0.1, 0.15) is 54.9 Å². The van der Waals surface area contributed by atoms with Crippen LogP contribution in [0.2, 0.25) is 0 Å². The van der Waals surface area contributed by atoms with Crippen molar-refractivity contribution >= 4 is 92.5 Å². The van der Waals surface area contributed by atoms with Crippen LogP contribution in [-0.2, 0) is 59.4 Å². The Morgan fingerprint density at radius 2 is 1.04 bits per heavy atom. The number of fused-ring (bicyclic) bond motifs is 3. The van der Waals surface area contributed by atoms with Crippen molar-refractivity contribution in [2.45, 2.75) is 58.4 Å². The zero-order valence-electron chi connectivity index (χ0n) is 47.5. The predicted octanol–water partition coefficient (Wildman–Crippen LogP) is 4.51. The fourth-order valence-corrected chi connectivity index (χ4v) is 10.0. The van der Waals surface area contributed by atoms with E-state index in [1.165, 1.54) is 36.4 Å². The van der Waals surface area contributed by atoms with Crippen LogP contribution in [0.3, 0.4) is 0 Å². The van der Waals surface area contributed by atoms with Crippen molar-refractivity contribution in [3.63, 3.8) is 0 Å². The third kappa shape index (κ3) is 18.5. The average Bonchev–Trinajstić information content (AvgIpc) is 4.32. The van der Waals surface area contributed by atoms with Gasteiger partial charge in [-0.15, -0.1) is 0 Å². The van der Waals surface area contributed by atoms with E-state index >= 15 is 0 Å². The van der Waals surface area contributed by atoms with Crippen LogP contribution >= 0.6 is 12.6 Å². The van der Waals surface area contributed by atoms with E-state index in [2.05, 4.69) is 43.2 Å². The second-order valence-corrected chi connectivity index (χ2v) is 21.1. The third-order valence-corrected chi connectivity index (χ3v) is 14.8. The van der Waals surface area contributed by atoms with E-state index in [0.29, 0.717) is 69.4 Å². The molecule has 0 atom stereocenters. The van der Waals surface area contributed by atoms with E-state index in [4.69, 9.17) is 11.1 Å². The number of hydrogen-bond donors (Lipinski definition) is 8. The minimum atomic E-state index is -0.563. The Labute approximate surface area is 489 Å². The molecule has 440 valence electrons. The first-order valence-corrected chi connectivity index (χ1v) is 28.9. The lowest BCUT2D eigenvalue weighted by atomic mass is 10.1. The van der Waals surface area contributed by atoms with Gasteiger partial charge < -0.3 is 60.7 Å². The molecule has 0 radical (unpaired) electrons. The molecule has 3 aromatic carbocycles. The van der Waals surface area contributed by atoms with Gasteiger partial charge in [0.05, 0.1) is 45.1 Å². The number of aromatic nitrogens is 4. The largest absolute Gasteiger partial charge is 0.388 e. The predicted molar refractivity (Wildman–Crippen MR) is 325 cm³/mol. The van der Waals surface area contributed by atoms with Crippen molar-refractivity contribution in [3.8, 4) is 0 Å². The zero-order valence-corrected chi connectivity index (χ0v) is 48.4. The van der Waals surface area contributed by atoms with E-state index in [1.807, 2.05) is 98.3 Å². The first kappa shape index (κ1) is 62.1. The monoisotopic (exact) mass is 1150 g/mol. The molecular weight excluding hydrogens is 1070 g/mol. The van der Waals surface area contributed by atoms with Gasteiger partial charge in [-0.2, -0.15) is 12.6 Å². The Kier molecular flexibility index (Phi) is 23.7. The molecule has 83 heavy (non-hydrogen) atoms. The molecule has 7 rings (SSSR count). The summed E-state index contributed by atoms with van der Waals surface area (Å²) in [6.07, 6.45) is 12.4. The topological polar surface area (TPSA) is 273 Å². The lowest BCUT2D eigenvalue weighted by Gasteiger charge is -2.31. The molecule has 0 fully saturated rings. The first-order valence-electron chi connectivity index (χ1n) is 28.3. The number of unbranched alkanes of at least 4 members (excludes halogenated alkanes) is 1. The highest BCUT2D eigenvalue weighted by molar-refractivity contribution is 7.80. The Hall–Kier alpha value is -8.50. The molecule has 0 bridgehead atoms. The smallest absolute Gasteiger partial charge is 0.242 e. The number of likely N-dealkylation sites (N-methyl/N-ethyl adjacent to an activating group) is 1. The summed E-state index contributed by atoms with van der Waals surface area (Å²) in [5.41, 5.74) is 11.8. The quantitative estimate of drug-likeness (QED) is 0.0121. The molecule has 8 N–H and O–H groups in total. The fraction of sp³-hybridized carbons (Fsp3) is 0.393. The molecule has 22 heteroatoms. The molecule has 4 aromatic heterocycles. The summed E-state index contributed by atoms with van der Waals surface area (Å²) in [5, 5.41) is 16.4. The van der Waals surface area contributed by atoms with Gasteiger partial charge in [0, 0.05) is 122 Å². The number of nitrogens with two attached hydrogens (primary N) is 1. The minimum absolute atomic E-state index is 0.0168. The molecule has 0 unspecified atom stereocenters. The Morgan fingerprint density at radius 1 is 0.566 bits per heavy atom. The van der Waals surface area contributed by atoms with Crippen LogP contribution in [0.15, 0.2) is 116 Å². The maximum absolute atomic E-state index is 14.7. The highest BCUT2D eigenvalue weighted by Crippen LogP contribution is 2.22. The number of para-hydroxylation sites is 3. The second kappa shape index (κ2) is 31.6. The Bertz CT molecular complexity index is 3310. The third-order valence-electron chi connectivity index (χ3n) is 14.5. The molecular formula is C61H78N14O7S. The second-order valence-electron chi connectivity index (χ2n) is 20.7. The van der Waals surface area contributed by atoms with Gasteiger partial charge in [-0.05, 0) is 91.6 Å². The van der Waals surface area contributed by atoms with Crippen molar-refractivity contribution in [1.29, 1.82) is 5.41 Å². The molecule has 0 aliphatic rings. The highest BCUT2D eigenvalue weighted by atomic mass is 32.1. The van der Waals surface area contributed by atoms with E-state index in [1.54, 1.807) is 24.5 Å². The number of nitrogens with zero attached hydrogens (tertiary/aromatic N) is 7. The number of amidine groups is 1. The molecule has 21 nitrogen and oxygen atoms in total. The maximum atomic E-state index is 14.7. The minimum Gasteiger partial charge on any atom is -0.388 e. The van der Waals surface area contributed by atoms with Crippen molar-refractivity contribution in [2.24, 2.45) is 5.73 Å². The maximum Gasteiger partial charge on any atom is 0.242 e. The van der Waals surface area contributed by atoms with Gasteiger partial charge in [0.15, 0.2) is 0 Å². The molecule has 7 aromatic rings. The van der Waals surface area contributed by atoms with Gasteiger partial charge in [-0.1, -0.05) is 67.6 Å². The van der Waals surface area contributed by atoms with Crippen LogP contribution in [-0.4, -0.2) is 194 Å². The van der Waals surface area contributed by atoms with Gasteiger partial charge in [0.2, 0.25) is 41.4 Å². The number of hydrogen-bond acceptors (Lipinski definition) is 11. The normalized spacial score (nSPS) is 11.2. The van der Waals surface area contributed by atoms with E-state index < -0.39 is 49.2 Å². The number of amides is 7. The van der Waals surface area contributed by atoms with Crippen molar-refractivity contribution < 1.29 is 33.6 Å². The number of carbonyl (C=O) groups excluding carboxylic acids is 7. The van der Waals surface area contributed by atoms with Gasteiger partial charge in [-0.25, -0.2) is 0 Å². The Balaban J connectivity index is 1.06. The number of H-pyrrole nitrogens is 3. The number of rotatable bonds is 34. The van der Waals surface area contributed by atoms with E-state index in [-0.39, 0.29) is 76.6 Å². The van der Waals surface area contributed by atoms with Crippen molar-refractivity contribution in [3.05, 3.63) is 138 Å². The van der Waals surface area contributed by atoms with Gasteiger partial charge in [0.25, 0.3) is 0 Å². The summed E-state index contributed by atoms with van der Waals surface area (Å²) in [6.45, 7) is 1.14. The SMILES string of the molecule is CCCN(CC(=O)N(CCc1c[nH]c2ccccc12)CC(=O)NCCS)C(=O)CN(CCc1c[nH]c2ccccc12)C(=O)CN(C)C(=O)CN(Cc1cccnc1)C(=O)CN(CCc1c[nH]c2ccccc12)C(=O)CNCCCCC(=N)N. The summed E-state index contributed by atoms with van der Waals surface area (Å²) in [6, 6.07) is 26.9. The van der Waals surface area contributed by atoms with Crippen LogP contribution < -0.4 is 16.4 Å². The number of benzene rings is 3. The molecule has 0 aliphatic carbocycles. The number of thiol groups is 1. The number of pyridine rings is 1. The fourth-order valence-electron chi connectivity index (χ4n) is 9.93. The average molecular weight is 1150 g/mol. The first-order chi connectivity index (χ1) is 40.2. The lowest BCUT2D eigenvalue weighted by Crippen LogP contribution is -2.52. The molecule has 0 saturated heterocycles. The van der Waals surface area contributed by atoms with Crippen LogP contribution in [0.5, 0.6) is 0 Å². The highest BCUT2D eigenvalue weighted by Gasteiger charge is 2.29. The summed E-state index contributed by atoms with van der Waals surface area (Å²) in [4.78, 5) is 122. The summed E-state index contributed by atoms with van der Waals surface area (Å²) >= 11 is 4.21. The van der Waals surface area contributed by atoms with Gasteiger partial charge in [0.1, 0.15) is 6.54 Å². The summed E-state index contributed by atoms with van der Waals surface area (Å²) in [5.74, 6) is -2.67. The van der Waals surface area contributed by atoms with Crippen LogP contribution in [0.25, 0.3) is 32.7 Å². The standard InChI is InChI=1S/C61H78N14O7S/c1-3-27-71(41-60(81)72(38-55(76)66-26-31-83)28-21-45-33-67-51-17-7-4-14-48(45)51)59(80)42-74(30-23-47-35-69-53-19-9-6-16-50(47)53)58(79)39-70(2)57(78)40-75(37-44-13-12-25-64-32-44)61(82)43-73(56(77)36-65-24-11-10-20-54(62)63)29-22-46-34-68-52-18-8-5-15-49(46)52/h4-9,12-19,25,32-35,65,67-69,83H,3,10-11,20-24,26-31,36-43H2,1-2H3,(H3,62,63)(H,66,76). The molecule has 0 saturated carbocycles. The van der Waals surface area contributed by atoms with Crippen LogP contribution in [0.4, 0.5) is 0 Å². The summed E-state index contributed by atoms with van der Waals surface area (Å²) in [7, 11) is 1.46. The molecule has 0 aliphatic heterocycles. The van der Waals surface area contributed by atoms with Crippen LogP contribution in [0, 0.1) is 5.41 Å². The van der Waals surface area contributed by atoms with Gasteiger partial charge in [-0.3, -0.25) is 44.0 Å². The molecule has 4 heterocycles. The molecule has 7 amide bonds. The Morgan fingerprint density at radius 3 is 1.53 bits per heavy atom. The van der Waals surface area contributed by atoms with Crippen molar-refractivity contribution in [1.82, 2.24) is 60.0 Å². The number of aromatic amines is 3. The number of carbonyl (C=O) groups is 7. The van der Waals surface area contributed by atoms with E-state index in [0.717, 1.165) is 49.4 Å². The zero-order chi connectivity index (χ0) is 59.1. The van der Waals surface area contributed by atoms with E-state index in [9.17, 15) is 33.6 Å². The number of nitrogens with one attached hydrogen (secondary N) is 6. The molecule has 0 spiro atoms. The summed E-state index contributed by atoms with van der Waals surface area (Å²) < 4.78 is 0.